The molecule has 0 spiro atoms. The monoisotopic (exact) mass is 358 g/mol. The largest absolute Gasteiger partial charge is 0.373 e. The number of hydrogen-bond donors (Lipinski definition) is 3. The molecule has 1 saturated carbocycles. The van der Waals surface area contributed by atoms with E-state index in [0.29, 0.717) is 5.82 Å². The summed E-state index contributed by atoms with van der Waals surface area (Å²) in [5.74, 6) is 2.18. The molecule has 1 fully saturated rings. The van der Waals surface area contributed by atoms with Crippen LogP contribution < -0.4 is 10.6 Å². The maximum absolute atomic E-state index is 12.1. The van der Waals surface area contributed by atoms with Crippen molar-refractivity contribution in [2.24, 2.45) is 5.92 Å². The van der Waals surface area contributed by atoms with Crippen LogP contribution >= 0.6 is 0 Å². The summed E-state index contributed by atoms with van der Waals surface area (Å²) in [6.45, 7) is 0. The second-order valence-electron chi connectivity index (χ2n) is 6.75. The standard InChI is InChI=1S/C20H18N6O/c1-21-18-13-9-22-17(26-20(27)11-6-7-11)8-12(13)14(10-23-18)19-24-15-4-2-3-5-16(15)25-19/h2-5,8-11H,6-7H2,1H3,(H,21,23)(H,24,25)(H,22,26,27). The predicted molar refractivity (Wildman–Crippen MR) is 106 cm³/mol. The number of amides is 1. The first-order valence-electron chi connectivity index (χ1n) is 8.95. The van der Waals surface area contributed by atoms with Gasteiger partial charge in [0.2, 0.25) is 5.91 Å². The highest BCUT2D eigenvalue weighted by molar-refractivity contribution is 6.03. The van der Waals surface area contributed by atoms with Crippen molar-refractivity contribution in [3.05, 3.63) is 42.7 Å². The van der Waals surface area contributed by atoms with Crippen molar-refractivity contribution >= 4 is 39.3 Å². The summed E-state index contributed by atoms with van der Waals surface area (Å²) >= 11 is 0. The van der Waals surface area contributed by atoms with E-state index in [9.17, 15) is 4.79 Å². The van der Waals surface area contributed by atoms with E-state index in [-0.39, 0.29) is 11.8 Å². The van der Waals surface area contributed by atoms with E-state index in [0.717, 1.165) is 51.9 Å². The van der Waals surface area contributed by atoms with E-state index >= 15 is 0 Å². The lowest BCUT2D eigenvalue weighted by atomic mass is 10.1. The molecule has 134 valence electrons. The Morgan fingerprint density at radius 3 is 2.78 bits per heavy atom. The highest BCUT2D eigenvalue weighted by Gasteiger charge is 2.29. The maximum atomic E-state index is 12.1. The third kappa shape index (κ3) is 2.77. The molecule has 4 aromatic rings. The van der Waals surface area contributed by atoms with Gasteiger partial charge in [-0.15, -0.1) is 0 Å². The molecule has 0 atom stereocenters. The second-order valence-corrected chi connectivity index (χ2v) is 6.75. The van der Waals surface area contributed by atoms with Crippen LogP contribution in [0.3, 0.4) is 0 Å². The van der Waals surface area contributed by atoms with E-state index < -0.39 is 0 Å². The van der Waals surface area contributed by atoms with E-state index in [4.69, 9.17) is 4.98 Å². The maximum Gasteiger partial charge on any atom is 0.228 e. The lowest BCUT2D eigenvalue weighted by Gasteiger charge is -2.10. The molecule has 3 N–H and O–H groups in total. The first-order valence-corrected chi connectivity index (χ1v) is 8.95. The number of rotatable bonds is 4. The minimum absolute atomic E-state index is 0.0371. The molecule has 3 heterocycles. The number of fused-ring (bicyclic) bond motifs is 2. The highest BCUT2D eigenvalue weighted by atomic mass is 16.2. The molecular weight excluding hydrogens is 340 g/mol. The molecule has 27 heavy (non-hydrogen) atoms. The first-order chi connectivity index (χ1) is 13.2. The number of nitrogens with zero attached hydrogens (tertiary/aromatic N) is 3. The Bertz CT molecular complexity index is 1140. The fourth-order valence-electron chi connectivity index (χ4n) is 3.25. The van der Waals surface area contributed by atoms with Crippen LogP contribution in [0.4, 0.5) is 11.6 Å². The van der Waals surface area contributed by atoms with Crippen molar-refractivity contribution in [3.63, 3.8) is 0 Å². The Morgan fingerprint density at radius 1 is 1.15 bits per heavy atom. The minimum atomic E-state index is 0.0371. The summed E-state index contributed by atoms with van der Waals surface area (Å²) in [5.41, 5.74) is 2.73. The number of carbonyl (C=O) groups excluding carboxylic acids is 1. The smallest absolute Gasteiger partial charge is 0.228 e. The van der Waals surface area contributed by atoms with Crippen LogP contribution in [0.25, 0.3) is 33.2 Å². The van der Waals surface area contributed by atoms with Crippen LogP contribution in [0.2, 0.25) is 0 Å². The van der Waals surface area contributed by atoms with E-state index in [1.165, 1.54) is 0 Å². The molecule has 1 aromatic carbocycles. The van der Waals surface area contributed by atoms with Crippen LogP contribution in [0.1, 0.15) is 12.8 Å². The average Bonchev–Trinajstić information content (AvgIpc) is 3.46. The van der Waals surface area contributed by atoms with Gasteiger partial charge < -0.3 is 15.6 Å². The fourth-order valence-corrected chi connectivity index (χ4v) is 3.25. The highest BCUT2D eigenvalue weighted by Crippen LogP contribution is 2.33. The van der Waals surface area contributed by atoms with Gasteiger partial charge in [0.05, 0.1) is 11.0 Å². The van der Waals surface area contributed by atoms with Gasteiger partial charge in [0, 0.05) is 41.7 Å². The molecule has 1 aliphatic rings. The summed E-state index contributed by atoms with van der Waals surface area (Å²) < 4.78 is 0. The summed E-state index contributed by atoms with van der Waals surface area (Å²) in [6.07, 6.45) is 5.44. The Balaban J connectivity index is 1.66. The normalized spacial score (nSPS) is 13.8. The Kier molecular flexibility index (Phi) is 3.53. The van der Waals surface area contributed by atoms with Crippen molar-refractivity contribution in [2.45, 2.75) is 12.8 Å². The number of imidazole rings is 1. The SMILES string of the molecule is CNc1ncc(-c2nc3ccccc3[nH]2)c2cc(NC(=O)C3CC3)ncc12. The molecule has 0 unspecified atom stereocenters. The molecule has 7 nitrogen and oxygen atoms in total. The number of aromatic amines is 1. The fraction of sp³-hybridized carbons (Fsp3) is 0.200. The molecule has 1 amide bonds. The number of benzene rings is 1. The van der Waals surface area contributed by atoms with Crippen LogP contribution in [-0.4, -0.2) is 32.9 Å². The van der Waals surface area contributed by atoms with Gasteiger partial charge in [-0.25, -0.2) is 15.0 Å². The topological polar surface area (TPSA) is 95.6 Å². The van der Waals surface area contributed by atoms with Gasteiger partial charge >= 0.3 is 0 Å². The second kappa shape index (κ2) is 6.05. The number of H-pyrrole nitrogens is 1. The summed E-state index contributed by atoms with van der Waals surface area (Å²) in [6, 6.07) is 9.78. The van der Waals surface area contributed by atoms with Crippen molar-refractivity contribution < 1.29 is 4.79 Å². The Labute approximate surface area is 155 Å². The van der Waals surface area contributed by atoms with Gasteiger partial charge in [-0.1, -0.05) is 12.1 Å². The number of aromatic nitrogens is 4. The van der Waals surface area contributed by atoms with Crippen LogP contribution in [0, 0.1) is 5.92 Å². The summed E-state index contributed by atoms with van der Waals surface area (Å²) in [5, 5.41) is 7.81. The zero-order valence-corrected chi connectivity index (χ0v) is 14.8. The lowest BCUT2D eigenvalue weighted by Crippen LogP contribution is -2.14. The molecule has 0 aliphatic heterocycles. The summed E-state index contributed by atoms with van der Waals surface area (Å²) in [7, 11) is 1.82. The van der Waals surface area contributed by atoms with Crippen LogP contribution in [-0.2, 0) is 4.79 Å². The van der Waals surface area contributed by atoms with Gasteiger partial charge in [0.25, 0.3) is 0 Å². The molecule has 1 aliphatic carbocycles. The molecule has 3 aromatic heterocycles. The van der Waals surface area contributed by atoms with Crippen molar-refractivity contribution in [3.8, 4) is 11.4 Å². The average molecular weight is 358 g/mol. The first kappa shape index (κ1) is 15.7. The lowest BCUT2D eigenvalue weighted by molar-refractivity contribution is -0.117. The molecule has 5 rings (SSSR count). The molecule has 0 bridgehead atoms. The Hall–Kier alpha value is -3.48. The number of hydrogen-bond acceptors (Lipinski definition) is 5. The van der Waals surface area contributed by atoms with Crippen LogP contribution in [0.15, 0.2) is 42.7 Å². The van der Waals surface area contributed by atoms with Crippen molar-refractivity contribution in [1.29, 1.82) is 0 Å². The number of pyridine rings is 2. The van der Waals surface area contributed by atoms with Gasteiger partial charge in [-0.3, -0.25) is 4.79 Å². The zero-order chi connectivity index (χ0) is 18.4. The van der Waals surface area contributed by atoms with Crippen molar-refractivity contribution in [1.82, 2.24) is 19.9 Å². The Morgan fingerprint density at radius 2 is 2.00 bits per heavy atom. The van der Waals surface area contributed by atoms with E-state index in [1.54, 1.807) is 12.4 Å². The van der Waals surface area contributed by atoms with E-state index in [2.05, 4.69) is 25.6 Å². The molecule has 0 saturated heterocycles. The zero-order valence-electron chi connectivity index (χ0n) is 14.8. The van der Waals surface area contributed by atoms with Gasteiger partial charge in [0.1, 0.15) is 17.5 Å². The minimum Gasteiger partial charge on any atom is -0.373 e. The predicted octanol–water partition coefficient (Wildman–Crippen LogP) is 3.56. The van der Waals surface area contributed by atoms with Crippen LogP contribution in [0.5, 0.6) is 0 Å². The quantitative estimate of drug-likeness (QED) is 0.518. The van der Waals surface area contributed by atoms with Gasteiger partial charge in [-0.05, 0) is 31.0 Å². The van der Waals surface area contributed by atoms with Gasteiger partial charge in [0.15, 0.2) is 0 Å². The molecule has 0 radical (unpaired) electrons. The van der Waals surface area contributed by atoms with Crippen molar-refractivity contribution in [2.75, 3.05) is 17.7 Å². The van der Waals surface area contributed by atoms with Gasteiger partial charge in [-0.2, -0.15) is 0 Å². The third-order valence-corrected chi connectivity index (χ3v) is 4.85. The van der Waals surface area contributed by atoms with E-state index in [1.807, 2.05) is 37.4 Å². The number of nitrogens with one attached hydrogen (secondary N) is 3. The summed E-state index contributed by atoms with van der Waals surface area (Å²) in [4.78, 5) is 29.1. The molecular formula is C20H18N6O. The number of para-hydroxylation sites is 2. The third-order valence-electron chi connectivity index (χ3n) is 4.85. The molecule has 7 heteroatoms. The number of carbonyl (C=O) groups is 1. The number of anilines is 2.